The Hall–Kier alpha value is -1.14. The van der Waals surface area contributed by atoms with E-state index in [4.69, 9.17) is 5.11 Å². The average Bonchev–Trinajstić information content (AvgIpc) is 2.30. The first-order valence-electron chi connectivity index (χ1n) is 4.96. The first-order chi connectivity index (χ1) is 7.93. The van der Waals surface area contributed by atoms with Crippen molar-refractivity contribution in [3.63, 3.8) is 0 Å². The van der Waals surface area contributed by atoms with Gasteiger partial charge in [0.15, 0.2) is 0 Å². The van der Waals surface area contributed by atoms with E-state index < -0.39 is 25.0 Å². The van der Waals surface area contributed by atoms with Gasteiger partial charge in [0.05, 0.1) is 13.0 Å². The van der Waals surface area contributed by atoms with E-state index in [1.165, 1.54) is 0 Å². The van der Waals surface area contributed by atoms with Crippen molar-refractivity contribution in [3.05, 3.63) is 29.8 Å². The van der Waals surface area contributed by atoms with Gasteiger partial charge in [0.2, 0.25) is 5.91 Å². The van der Waals surface area contributed by atoms with Crippen LogP contribution in [0.4, 0.5) is 8.78 Å². The van der Waals surface area contributed by atoms with Crippen LogP contribution in [0.25, 0.3) is 0 Å². The first-order valence-corrected chi connectivity index (χ1v) is 5.41. The number of alkyl halides is 2. The number of hydrogen-bond acceptors (Lipinski definition) is 3. The van der Waals surface area contributed by atoms with Crippen LogP contribution in [0, 0.1) is 0 Å². The average molecular weight is 261 g/mol. The quantitative estimate of drug-likeness (QED) is 0.699. The molecule has 0 spiro atoms. The molecule has 1 amide bonds. The van der Waals surface area contributed by atoms with Crippen LogP contribution >= 0.6 is 12.6 Å². The third-order valence-corrected chi connectivity index (χ3v) is 2.37. The molecule has 6 heteroatoms. The SMILES string of the molecule is O=C(Cc1ccc(S)cc1)NCC(F)(F)CO. The fourth-order valence-electron chi connectivity index (χ4n) is 1.15. The Bertz CT molecular complexity index is 382. The zero-order valence-electron chi connectivity index (χ0n) is 8.99. The zero-order valence-corrected chi connectivity index (χ0v) is 9.88. The monoisotopic (exact) mass is 261 g/mol. The molecule has 3 nitrogen and oxygen atoms in total. The van der Waals surface area contributed by atoms with Crippen LogP contribution in [0.15, 0.2) is 29.2 Å². The molecule has 0 fully saturated rings. The number of carbonyl (C=O) groups is 1. The van der Waals surface area contributed by atoms with Gasteiger partial charge in [-0.05, 0) is 17.7 Å². The highest BCUT2D eigenvalue weighted by molar-refractivity contribution is 7.80. The van der Waals surface area contributed by atoms with E-state index in [1.807, 2.05) is 0 Å². The Morgan fingerprint density at radius 1 is 1.35 bits per heavy atom. The summed E-state index contributed by atoms with van der Waals surface area (Å²) in [5.74, 6) is -3.78. The minimum absolute atomic E-state index is 0.0234. The zero-order chi connectivity index (χ0) is 12.9. The molecule has 0 aromatic heterocycles. The number of halogens is 2. The van der Waals surface area contributed by atoms with E-state index in [9.17, 15) is 13.6 Å². The van der Waals surface area contributed by atoms with Crippen molar-refractivity contribution in [2.24, 2.45) is 0 Å². The van der Waals surface area contributed by atoms with Crippen molar-refractivity contribution >= 4 is 18.5 Å². The molecule has 1 aromatic rings. The lowest BCUT2D eigenvalue weighted by Crippen LogP contribution is -2.39. The molecule has 17 heavy (non-hydrogen) atoms. The van der Waals surface area contributed by atoms with Crippen molar-refractivity contribution in [2.45, 2.75) is 17.2 Å². The Kier molecular flexibility index (Phi) is 4.89. The highest BCUT2D eigenvalue weighted by Crippen LogP contribution is 2.11. The van der Waals surface area contributed by atoms with Crippen LogP contribution in [0.5, 0.6) is 0 Å². The summed E-state index contributed by atoms with van der Waals surface area (Å²) in [6.45, 7) is -2.13. The summed E-state index contributed by atoms with van der Waals surface area (Å²) in [6.07, 6.45) is 0.0234. The molecule has 0 aliphatic heterocycles. The Morgan fingerprint density at radius 3 is 2.47 bits per heavy atom. The number of nitrogens with one attached hydrogen (secondary N) is 1. The predicted octanol–water partition coefficient (Wildman–Crippen LogP) is 1.26. The molecule has 0 radical (unpaired) electrons. The van der Waals surface area contributed by atoms with E-state index in [-0.39, 0.29) is 6.42 Å². The summed E-state index contributed by atoms with van der Waals surface area (Å²) in [7, 11) is 0. The van der Waals surface area contributed by atoms with Crippen molar-refractivity contribution in [1.29, 1.82) is 0 Å². The minimum atomic E-state index is -3.27. The molecule has 0 heterocycles. The van der Waals surface area contributed by atoms with E-state index in [0.717, 1.165) is 4.90 Å². The first kappa shape index (κ1) is 13.9. The van der Waals surface area contributed by atoms with Gasteiger partial charge in [0, 0.05) is 4.90 Å². The van der Waals surface area contributed by atoms with E-state index in [0.29, 0.717) is 5.56 Å². The van der Waals surface area contributed by atoms with Gasteiger partial charge in [0.25, 0.3) is 5.92 Å². The lowest BCUT2D eigenvalue weighted by Gasteiger charge is -2.13. The van der Waals surface area contributed by atoms with E-state index >= 15 is 0 Å². The minimum Gasteiger partial charge on any atom is -0.390 e. The van der Waals surface area contributed by atoms with Gasteiger partial charge in [-0.25, -0.2) is 8.78 Å². The molecule has 0 bridgehead atoms. The third-order valence-electron chi connectivity index (χ3n) is 2.08. The Balaban J connectivity index is 2.42. The summed E-state index contributed by atoms with van der Waals surface area (Å²) < 4.78 is 25.3. The second-order valence-electron chi connectivity index (χ2n) is 3.63. The van der Waals surface area contributed by atoms with Crippen LogP contribution < -0.4 is 5.32 Å². The predicted molar refractivity (Wildman–Crippen MR) is 62.4 cm³/mol. The molecule has 0 atom stereocenters. The van der Waals surface area contributed by atoms with Gasteiger partial charge < -0.3 is 10.4 Å². The maximum Gasteiger partial charge on any atom is 0.287 e. The molecule has 0 aliphatic carbocycles. The third kappa shape index (κ3) is 5.14. The fourth-order valence-corrected chi connectivity index (χ4v) is 1.29. The summed E-state index contributed by atoms with van der Waals surface area (Å²) in [4.78, 5) is 12.1. The molecule has 1 aromatic carbocycles. The maximum absolute atomic E-state index is 12.6. The second kappa shape index (κ2) is 5.97. The molecular formula is C11H13F2NO2S. The summed E-state index contributed by atoms with van der Waals surface area (Å²) in [6, 6.07) is 6.83. The molecule has 94 valence electrons. The highest BCUT2D eigenvalue weighted by atomic mass is 32.1. The van der Waals surface area contributed by atoms with Gasteiger partial charge >= 0.3 is 0 Å². The van der Waals surface area contributed by atoms with E-state index in [1.54, 1.807) is 24.3 Å². The Labute approximate surface area is 103 Å². The van der Waals surface area contributed by atoms with Crippen molar-refractivity contribution < 1.29 is 18.7 Å². The number of thiol groups is 1. The maximum atomic E-state index is 12.6. The molecule has 0 aliphatic rings. The normalized spacial score (nSPS) is 11.3. The lowest BCUT2D eigenvalue weighted by atomic mass is 10.1. The van der Waals surface area contributed by atoms with Crippen molar-refractivity contribution in [3.8, 4) is 0 Å². The van der Waals surface area contributed by atoms with Crippen LogP contribution in [0.3, 0.4) is 0 Å². The van der Waals surface area contributed by atoms with Crippen LogP contribution in [-0.4, -0.2) is 30.1 Å². The number of aliphatic hydroxyl groups is 1. The number of aliphatic hydroxyl groups excluding tert-OH is 1. The molecule has 0 saturated heterocycles. The van der Waals surface area contributed by atoms with Crippen LogP contribution in [-0.2, 0) is 11.2 Å². The van der Waals surface area contributed by atoms with Crippen molar-refractivity contribution in [1.82, 2.24) is 5.32 Å². The largest absolute Gasteiger partial charge is 0.390 e. The van der Waals surface area contributed by atoms with Gasteiger partial charge in [-0.15, -0.1) is 12.6 Å². The number of rotatable bonds is 5. The Morgan fingerprint density at radius 2 is 1.94 bits per heavy atom. The fraction of sp³-hybridized carbons (Fsp3) is 0.364. The molecule has 0 saturated carbocycles. The summed E-state index contributed by atoms with van der Waals surface area (Å²) >= 11 is 4.09. The summed E-state index contributed by atoms with van der Waals surface area (Å²) in [5, 5.41) is 10.4. The van der Waals surface area contributed by atoms with Crippen LogP contribution in [0.2, 0.25) is 0 Å². The number of benzene rings is 1. The van der Waals surface area contributed by atoms with Gasteiger partial charge in [-0.2, -0.15) is 0 Å². The molecular weight excluding hydrogens is 248 g/mol. The lowest BCUT2D eigenvalue weighted by molar-refractivity contribution is -0.123. The molecule has 2 N–H and O–H groups in total. The smallest absolute Gasteiger partial charge is 0.287 e. The topological polar surface area (TPSA) is 49.3 Å². The van der Waals surface area contributed by atoms with Crippen molar-refractivity contribution in [2.75, 3.05) is 13.2 Å². The van der Waals surface area contributed by atoms with Gasteiger partial charge in [0.1, 0.15) is 6.61 Å². The van der Waals surface area contributed by atoms with Gasteiger partial charge in [-0.3, -0.25) is 4.79 Å². The summed E-state index contributed by atoms with van der Waals surface area (Å²) in [5.41, 5.74) is 0.715. The van der Waals surface area contributed by atoms with Crippen LogP contribution in [0.1, 0.15) is 5.56 Å². The van der Waals surface area contributed by atoms with Gasteiger partial charge in [-0.1, -0.05) is 12.1 Å². The number of carbonyl (C=O) groups excluding carboxylic acids is 1. The molecule has 1 rings (SSSR count). The number of hydrogen-bond donors (Lipinski definition) is 3. The number of amides is 1. The standard InChI is InChI=1S/C11H13F2NO2S/c12-11(13,7-15)6-14-10(16)5-8-1-3-9(17)4-2-8/h1-4,15,17H,5-7H2,(H,14,16). The van der Waals surface area contributed by atoms with E-state index in [2.05, 4.69) is 17.9 Å². The molecule has 0 unspecified atom stereocenters. The highest BCUT2D eigenvalue weighted by Gasteiger charge is 2.27. The second-order valence-corrected chi connectivity index (χ2v) is 4.15.